The molecule has 1 aliphatic rings. The number of allylic oxidation sites excluding steroid dienone is 1. The molecule has 5 nitrogen and oxygen atoms in total. The molecule has 1 fully saturated rings. The van der Waals surface area contributed by atoms with Gasteiger partial charge in [0, 0.05) is 6.61 Å². The Morgan fingerprint density at radius 1 is 1.65 bits per heavy atom. The van der Waals surface area contributed by atoms with Crippen molar-refractivity contribution in [2.75, 3.05) is 20.3 Å². The molecule has 0 saturated carbocycles. The summed E-state index contributed by atoms with van der Waals surface area (Å²) in [6.45, 7) is 4.63. The Bertz CT molecular complexity index is 284. The lowest BCUT2D eigenvalue weighted by Crippen LogP contribution is -2.44. The molecule has 1 aliphatic heterocycles. The number of amides is 1. The van der Waals surface area contributed by atoms with Gasteiger partial charge >= 0.3 is 5.97 Å². The second-order valence-electron chi connectivity index (χ2n) is 4.01. The lowest BCUT2D eigenvalue weighted by atomic mass is 10.1. The van der Waals surface area contributed by atoms with Crippen molar-refractivity contribution < 1.29 is 19.1 Å². The predicted octanol–water partition coefficient (Wildman–Crippen LogP) is 0.647. The van der Waals surface area contributed by atoms with Gasteiger partial charge in [-0.15, -0.1) is 6.58 Å². The fourth-order valence-electron chi connectivity index (χ4n) is 1.71. The van der Waals surface area contributed by atoms with E-state index < -0.39 is 12.0 Å². The van der Waals surface area contributed by atoms with Crippen molar-refractivity contribution in [1.29, 1.82) is 0 Å². The highest BCUT2D eigenvalue weighted by molar-refractivity contribution is 5.85. The summed E-state index contributed by atoms with van der Waals surface area (Å²) < 4.78 is 9.79. The topological polar surface area (TPSA) is 64.6 Å². The number of rotatable bonds is 6. The first kappa shape index (κ1) is 13.7. The highest BCUT2D eigenvalue weighted by Gasteiger charge is 2.28. The average molecular weight is 241 g/mol. The lowest BCUT2D eigenvalue weighted by Gasteiger charge is -2.17. The molecule has 1 rings (SSSR count). The number of ether oxygens (including phenoxy) is 2. The molecule has 0 radical (unpaired) electrons. The number of esters is 1. The normalized spacial score (nSPS) is 20.6. The van der Waals surface area contributed by atoms with Gasteiger partial charge in [-0.1, -0.05) is 6.08 Å². The number of hydrogen-bond acceptors (Lipinski definition) is 4. The van der Waals surface area contributed by atoms with Crippen LogP contribution >= 0.6 is 0 Å². The van der Waals surface area contributed by atoms with Crippen LogP contribution in [0.2, 0.25) is 0 Å². The van der Waals surface area contributed by atoms with Crippen LogP contribution in [0.15, 0.2) is 12.7 Å². The number of carbonyl (C=O) groups excluding carboxylic acids is 2. The molecule has 0 bridgehead atoms. The third-order valence-electron chi connectivity index (χ3n) is 2.76. The summed E-state index contributed by atoms with van der Waals surface area (Å²) in [5.74, 6) is -0.702. The van der Waals surface area contributed by atoms with Crippen molar-refractivity contribution in [2.45, 2.75) is 25.3 Å². The van der Waals surface area contributed by atoms with Gasteiger partial charge in [-0.3, -0.25) is 4.79 Å². The van der Waals surface area contributed by atoms with Crippen LogP contribution in [-0.4, -0.2) is 38.2 Å². The van der Waals surface area contributed by atoms with Gasteiger partial charge in [0.05, 0.1) is 19.6 Å². The van der Waals surface area contributed by atoms with Gasteiger partial charge in [0.2, 0.25) is 5.91 Å². The third kappa shape index (κ3) is 4.19. The van der Waals surface area contributed by atoms with Crippen LogP contribution in [0.25, 0.3) is 0 Å². The summed E-state index contributed by atoms with van der Waals surface area (Å²) in [5, 5.41) is 2.70. The van der Waals surface area contributed by atoms with E-state index in [1.54, 1.807) is 6.08 Å². The molecule has 5 heteroatoms. The van der Waals surface area contributed by atoms with Crippen LogP contribution in [-0.2, 0) is 19.1 Å². The van der Waals surface area contributed by atoms with Gasteiger partial charge in [0.1, 0.15) is 6.04 Å². The Morgan fingerprint density at radius 2 is 2.41 bits per heavy atom. The summed E-state index contributed by atoms with van der Waals surface area (Å²) >= 11 is 0. The molecule has 1 N–H and O–H groups in total. The molecule has 0 spiro atoms. The summed E-state index contributed by atoms with van der Waals surface area (Å²) in [6, 6.07) is -0.592. The van der Waals surface area contributed by atoms with Gasteiger partial charge in [0.15, 0.2) is 0 Å². The van der Waals surface area contributed by atoms with Crippen LogP contribution in [0.3, 0.4) is 0 Å². The second kappa shape index (κ2) is 7.06. The van der Waals surface area contributed by atoms with E-state index in [1.807, 2.05) is 0 Å². The molecule has 0 unspecified atom stereocenters. The lowest BCUT2D eigenvalue weighted by molar-refractivity contribution is -0.145. The van der Waals surface area contributed by atoms with Gasteiger partial charge in [0.25, 0.3) is 0 Å². The van der Waals surface area contributed by atoms with Crippen LogP contribution in [0.1, 0.15) is 19.3 Å². The van der Waals surface area contributed by atoms with Crippen molar-refractivity contribution in [3.8, 4) is 0 Å². The molecule has 1 heterocycles. The first-order valence-corrected chi connectivity index (χ1v) is 5.76. The maximum atomic E-state index is 11.8. The van der Waals surface area contributed by atoms with E-state index in [4.69, 9.17) is 4.74 Å². The number of hydrogen-bond donors (Lipinski definition) is 1. The van der Waals surface area contributed by atoms with Gasteiger partial charge in [-0.2, -0.15) is 0 Å². The first-order chi connectivity index (χ1) is 8.19. The third-order valence-corrected chi connectivity index (χ3v) is 2.76. The van der Waals surface area contributed by atoms with Gasteiger partial charge < -0.3 is 14.8 Å². The Morgan fingerprint density at radius 3 is 2.94 bits per heavy atom. The molecule has 0 aliphatic carbocycles. The van der Waals surface area contributed by atoms with E-state index in [1.165, 1.54) is 7.11 Å². The van der Waals surface area contributed by atoms with E-state index >= 15 is 0 Å². The number of methoxy groups -OCH3 is 1. The Balaban J connectivity index is 2.48. The van der Waals surface area contributed by atoms with Gasteiger partial charge in [-0.05, 0) is 19.3 Å². The van der Waals surface area contributed by atoms with E-state index in [-0.39, 0.29) is 11.8 Å². The van der Waals surface area contributed by atoms with Crippen LogP contribution in [0.4, 0.5) is 0 Å². The van der Waals surface area contributed by atoms with E-state index in [9.17, 15) is 9.59 Å². The summed E-state index contributed by atoms with van der Waals surface area (Å²) in [7, 11) is 1.31. The maximum Gasteiger partial charge on any atom is 0.328 e. The Labute approximate surface area is 101 Å². The standard InChI is InChI=1S/C12H19NO4/c1-3-4-5-10(12(15)16-2)13-11(14)9-6-7-17-8-9/h3,9-10H,1,4-8H2,2H3,(H,13,14)/t9-,10-/m0/s1. The highest BCUT2D eigenvalue weighted by Crippen LogP contribution is 2.13. The zero-order valence-corrected chi connectivity index (χ0v) is 10.1. The highest BCUT2D eigenvalue weighted by atomic mass is 16.5. The predicted molar refractivity (Wildman–Crippen MR) is 62.3 cm³/mol. The number of carbonyl (C=O) groups is 2. The van der Waals surface area contributed by atoms with Crippen LogP contribution < -0.4 is 5.32 Å². The molecule has 1 amide bonds. The minimum atomic E-state index is -0.592. The van der Waals surface area contributed by atoms with E-state index in [0.717, 1.165) is 0 Å². The Kier molecular flexibility index (Phi) is 5.69. The Hall–Kier alpha value is -1.36. The molecule has 1 saturated heterocycles. The second-order valence-corrected chi connectivity index (χ2v) is 4.01. The number of nitrogens with one attached hydrogen (secondary N) is 1. The van der Waals surface area contributed by atoms with Crippen molar-refractivity contribution in [3.05, 3.63) is 12.7 Å². The molecule has 96 valence electrons. The molecular weight excluding hydrogens is 222 g/mol. The fourth-order valence-corrected chi connectivity index (χ4v) is 1.71. The summed E-state index contributed by atoms with van der Waals surface area (Å²) in [6.07, 6.45) is 3.58. The molecule has 0 aromatic heterocycles. The van der Waals surface area contributed by atoms with Crippen LogP contribution in [0, 0.1) is 5.92 Å². The maximum absolute atomic E-state index is 11.8. The van der Waals surface area contributed by atoms with Crippen molar-refractivity contribution in [1.82, 2.24) is 5.32 Å². The minimum Gasteiger partial charge on any atom is -0.467 e. The monoisotopic (exact) mass is 241 g/mol. The SMILES string of the molecule is C=CCC[C@H](NC(=O)[C@H]1CCOC1)C(=O)OC. The molecule has 0 aromatic rings. The van der Waals surface area contributed by atoms with Crippen molar-refractivity contribution >= 4 is 11.9 Å². The molecule has 2 atom stereocenters. The zero-order chi connectivity index (χ0) is 12.7. The van der Waals surface area contributed by atoms with Crippen LogP contribution in [0.5, 0.6) is 0 Å². The van der Waals surface area contributed by atoms with Gasteiger partial charge in [-0.25, -0.2) is 4.79 Å². The average Bonchev–Trinajstić information content (AvgIpc) is 2.87. The molecule has 0 aromatic carbocycles. The molecular formula is C12H19NO4. The fraction of sp³-hybridized carbons (Fsp3) is 0.667. The van der Waals surface area contributed by atoms with Crippen molar-refractivity contribution in [2.24, 2.45) is 5.92 Å². The zero-order valence-electron chi connectivity index (χ0n) is 10.1. The first-order valence-electron chi connectivity index (χ1n) is 5.76. The van der Waals surface area contributed by atoms with Crippen molar-refractivity contribution in [3.63, 3.8) is 0 Å². The van der Waals surface area contributed by atoms with E-state index in [0.29, 0.717) is 32.5 Å². The quantitative estimate of drug-likeness (QED) is 0.547. The minimum absolute atomic E-state index is 0.137. The smallest absolute Gasteiger partial charge is 0.328 e. The molecule has 17 heavy (non-hydrogen) atoms. The summed E-state index contributed by atoms with van der Waals surface area (Å²) in [4.78, 5) is 23.3. The summed E-state index contributed by atoms with van der Waals surface area (Å²) in [5.41, 5.74) is 0. The largest absolute Gasteiger partial charge is 0.467 e. The van der Waals surface area contributed by atoms with E-state index in [2.05, 4.69) is 16.6 Å².